The first-order valence-corrected chi connectivity index (χ1v) is 7.08. The lowest BCUT2D eigenvalue weighted by Crippen LogP contribution is -2.00. The maximum atomic E-state index is 13.8. The average Bonchev–Trinajstić information content (AvgIpc) is 2.81. The predicted octanol–water partition coefficient (Wildman–Crippen LogP) is 3.64. The highest BCUT2D eigenvalue weighted by atomic mass is 19.1. The van der Waals surface area contributed by atoms with Gasteiger partial charge in [0.2, 0.25) is 0 Å². The molecule has 0 bridgehead atoms. The highest BCUT2D eigenvalue weighted by molar-refractivity contribution is 6.01. The molecule has 3 aromatic rings. The van der Waals surface area contributed by atoms with Crippen LogP contribution in [0.25, 0.3) is 22.2 Å². The summed E-state index contributed by atoms with van der Waals surface area (Å²) < 4.78 is 21.1. The second-order valence-electron chi connectivity index (χ2n) is 5.13. The van der Waals surface area contributed by atoms with E-state index in [2.05, 4.69) is 4.57 Å². The number of fused-ring (bicyclic) bond motifs is 1. The Balaban J connectivity index is 2.32. The van der Waals surface area contributed by atoms with Gasteiger partial charge in [-0.3, -0.25) is 0 Å². The molecule has 2 aromatic carbocycles. The number of methoxy groups -OCH3 is 1. The van der Waals surface area contributed by atoms with Gasteiger partial charge in [0.15, 0.2) is 0 Å². The van der Waals surface area contributed by atoms with Crippen LogP contribution in [0.5, 0.6) is 5.75 Å². The number of ether oxygens (including phenoxy) is 1. The number of hydrogen-bond acceptors (Lipinski definition) is 3. The zero-order chi connectivity index (χ0) is 15.9. The van der Waals surface area contributed by atoms with Gasteiger partial charge in [0.1, 0.15) is 11.6 Å². The van der Waals surface area contributed by atoms with Crippen molar-refractivity contribution in [2.45, 2.75) is 13.5 Å². The highest BCUT2D eigenvalue weighted by Gasteiger charge is 2.17. The van der Waals surface area contributed by atoms with Gasteiger partial charge in [0, 0.05) is 23.6 Å². The van der Waals surface area contributed by atoms with Crippen molar-refractivity contribution in [1.29, 1.82) is 0 Å². The van der Waals surface area contributed by atoms with E-state index >= 15 is 0 Å². The molecule has 0 unspecified atom stereocenters. The van der Waals surface area contributed by atoms with E-state index in [1.165, 1.54) is 6.07 Å². The maximum absolute atomic E-state index is 13.8. The van der Waals surface area contributed by atoms with Crippen molar-refractivity contribution in [2.24, 2.45) is 0 Å². The summed E-state index contributed by atoms with van der Waals surface area (Å²) in [6, 6.07) is 10.5. The Kier molecular flexibility index (Phi) is 3.41. The minimum Gasteiger partial charge on any atom is -0.497 e. The normalized spacial score (nSPS) is 11.0. The van der Waals surface area contributed by atoms with Crippen molar-refractivity contribution in [3.05, 3.63) is 42.2 Å². The molecule has 0 spiro atoms. The van der Waals surface area contributed by atoms with Crippen LogP contribution < -0.4 is 16.2 Å². The SMILES string of the molecule is CCn1c(-c2ccc(N)c(F)c2)c(N)c2ccc(OC)cc21. The van der Waals surface area contributed by atoms with E-state index < -0.39 is 5.82 Å². The number of rotatable bonds is 3. The van der Waals surface area contributed by atoms with Crippen LogP contribution in [0.3, 0.4) is 0 Å². The molecular weight excluding hydrogens is 281 g/mol. The molecule has 0 saturated heterocycles. The second kappa shape index (κ2) is 5.26. The van der Waals surface area contributed by atoms with Gasteiger partial charge >= 0.3 is 0 Å². The Labute approximate surface area is 128 Å². The summed E-state index contributed by atoms with van der Waals surface area (Å²) in [5.74, 6) is 0.317. The molecule has 0 aliphatic heterocycles. The van der Waals surface area contributed by atoms with E-state index in [9.17, 15) is 4.39 Å². The average molecular weight is 299 g/mol. The number of halogens is 1. The van der Waals surface area contributed by atoms with Crippen LogP contribution >= 0.6 is 0 Å². The smallest absolute Gasteiger partial charge is 0.146 e. The number of hydrogen-bond donors (Lipinski definition) is 2. The summed E-state index contributed by atoms with van der Waals surface area (Å²) in [7, 11) is 1.63. The predicted molar refractivity (Wildman–Crippen MR) is 88.4 cm³/mol. The van der Waals surface area contributed by atoms with E-state index in [0.29, 0.717) is 17.8 Å². The largest absolute Gasteiger partial charge is 0.497 e. The molecule has 4 nitrogen and oxygen atoms in total. The Morgan fingerprint density at radius 1 is 1.14 bits per heavy atom. The Hall–Kier alpha value is -2.69. The summed E-state index contributed by atoms with van der Waals surface area (Å²) in [6.45, 7) is 2.73. The molecule has 0 atom stereocenters. The number of nitrogen functional groups attached to an aromatic ring is 2. The molecule has 1 aromatic heterocycles. The number of nitrogens with two attached hydrogens (primary N) is 2. The first kappa shape index (κ1) is 14.3. The van der Waals surface area contributed by atoms with Crippen molar-refractivity contribution in [1.82, 2.24) is 4.57 Å². The zero-order valence-electron chi connectivity index (χ0n) is 12.6. The molecule has 22 heavy (non-hydrogen) atoms. The van der Waals surface area contributed by atoms with Gasteiger partial charge in [0.25, 0.3) is 0 Å². The van der Waals surface area contributed by atoms with Crippen LogP contribution in [-0.2, 0) is 6.54 Å². The molecule has 0 aliphatic carbocycles. The van der Waals surface area contributed by atoms with Crippen LogP contribution in [0.1, 0.15) is 6.92 Å². The fourth-order valence-corrected chi connectivity index (χ4v) is 2.80. The molecule has 0 saturated carbocycles. The van der Waals surface area contributed by atoms with E-state index in [1.807, 2.05) is 25.1 Å². The van der Waals surface area contributed by atoms with Gasteiger partial charge in [0.05, 0.1) is 29.7 Å². The van der Waals surface area contributed by atoms with Crippen LogP contribution in [0, 0.1) is 5.82 Å². The summed E-state index contributed by atoms with van der Waals surface area (Å²) in [6.07, 6.45) is 0. The van der Waals surface area contributed by atoms with Crippen LogP contribution in [0.2, 0.25) is 0 Å². The monoisotopic (exact) mass is 299 g/mol. The van der Waals surface area contributed by atoms with Gasteiger partial charge in [-0.05, 0) is 31.2 Å². The van der Waals surface area contributed by atoms with Crippen molar-refractivity contribution < 1.29 is 9.13 Å². The van der Waals surface area contributed by atoms with Crippen molar-refractivity contribution in [2.75, 3.05) is 18.6 Å². The number of benzene rings is 2. The fraction of sp³-hybridized carbons (Fsp3) is 0.176. The third kappa shape index (κ3) is 2.06. The van der Waals surface area contributed by atoms with Crippen molar-refractivity contribution in [3.63, 3.8) is 0 Å². The zero-order valence-corrected chi connectivity index (χ0v) is 12.6. The lowest BCUT2D eigenvalue weighted by Gasteiger charge is -2.10. The van der Waals surface area contributed by atoms with Gasteiger partial charge in [-0.1, -0.05) is 6.07 Å². The highest BCUT2D eigenvalue weighted by Crippen LogP contribution is 2.38. The fourth-order valence-electron chi connectivity index (χ4n) is 2.80. The standard InChI is InChI=1S/C17H18FN3O/c1-3-21-15-9-11(22-2)5-6-12(15)16(20)17(21)10-4-7-14(19)13(18)8-10/h4-9H,3,19-20H2,1-2H3. The minimum absolute atomic E-state index is 0.128. The number of aryl methyl sites for hydroxylation is 1. The Morgan fingerprint density at radius 3 is 2.55 bits per heavy atom. The minimum atomic E-state index is -0.442. The van der Waals surface area contributed by atoms with E-state index in [1.54, 1.807) is 19.2 Å². The molecule has 4 N–H and O–H groups in total. The van der Waals surface area contributed by atoms with E-state index in [-0.39, 0.29) is 5.69 Å². The van der Waals surface area contributed by atoms with Gasteiger partial charge in [-0.2, -0.15) is 0 Å². The van der Waals surface area contributed by atoms with Gasteiger partial charge in [-0.15, -0.1) is 0 Å². The topological polar surface area (TPSA) is 66.2 Å². The molecular formula is C17H18FN3O. The molecule has 0 amide bonds. The number of anilines is 2. The summed E-state index contributed by atoms with van der Waals surface area (Å²) in [4.78, 5) is 0. The maximum Gasteiger partial charge on any atom is 0.146 e. The summed E-state index contributed by atoms with van der Waals surface area (Å²) >= 11 is 0. The van der Waals surface area contributed by atoms with Gasteiger partial charge < -0.3 is 20.8 Å². The number of aromatic nitrogens is 1. The molecule has 0 fully saturated rings. The third-order valence-corrected chi connectivity index (χ3v) is 3.90. The lowest BCUT2D eigenvalue weighted by atomic mass is 10.1. The molecule has 5 heteroatoms. The molecule has 1 heterocycles. The third-order valence-electron chi connectivity index (χ3n) is 3.90. The molecule has 114 valence electrons. The first-order valence-electron chi connectivity index (χ1n) is 7.08. The number of nitrogens with zero attached hydrogens (tertiary/aromatic N) is 1. The van der Waals surface area contributed by atoms with Crippen LogP contribution in [-0.4, -0.2) is 11.7 Å². The van der Waals surface area contributed by atoms with Crippen LogP contribution in [0.15, 0.2) is 36.4 Å². The Morgan fingerprint density at radius 2 is 1.91 bits per heavy atom. The van der Waals surface area contributed by atoms with Crippen LogP contribution in [0.4, 0.5) is 15.8 Å². The Bertz CT molecular complexity index is 855. The molecule has 0 radical (unpaired) electrons. The van der Waals surface area contributed by atoms with Crippen molar-refractivity contribution in [3.8, 4) is 17.0 Å². The van der Waals surface area contributed by atoms with E-state index in [4.69, 9.17) is 16.2 Å². The van der Waals surface area contributed by atoms with Crippen molar-refractivity contribution >= 4 is 22.3 Å². The van der Waals surface area contributed by atoms with E-state index in [0.717, 1.165) is 22.3 Å². The first-order chi connectivity index (χ1) is 10.6. The second-order valence-corrected chi connectivity index (χ2v) is 5.13. The molecule has 3 rings (SSSR count). The summed E-state index contributed by atoms with van der Waals surface area (Å²) in [5, 5.41) is 0.926. The summed E-state index contributed by atoms with van der Waals surface area (Å²) in [5.41, 5.74) is 15.1. The molecule has 0 aliphatic rings. The quantitative estimate of drug-likeness (QED) is 0.726. The van der Waals surface area contributed by atoms with Gasteiger partial charge in [-0.25, -0.2) is 4.39 Å². The lowest BCUT2D eigenvalue weighted by molar-refractivity contribution is 0.415.